The number of nitrogens with one attached hydrogen (secondary N) is 2. The zero-order valence-electron chi connectivity index (χ0n) is 13.7. The lowest BCUT2D eigenvalue weighted by molar-refractivity contribution is 0.482. The predicted octanol–water partition coefficient (Wildman–Crippen LogP) is 4.17. The second kappa shape index (κ2) is 10.1. The van der Waals surface area contributed by atoms with Gasteiger partial charge in [0.2, 0.25) is 0 Å². The van der Waals surface area contributed by atoms with Crippen molar-refractivity contribution in [1.82, 2.24) is 10.6 Å². The standard InChI is InChI=1S/C18H23N3O.HI/c1-14(2)21-18(19-3)20-13-15-9-11-17(12-10-15)22-16-7-5-4-6-8-16;/h4-12,14H,13H2,1-3H3,(H2,19,20,21);1H. The molecule has 0 saturated carbocycles. The molecule has 0 bridgehead atoms. The number of guanidine groups is 1. The van der Waals surface area contributed by atoms with E-state index < -0.39 is 0 Å². The number of benzene rings is 2. The van der Waals surface area contributed by atoms with Crippen LogP contribution < -0.4 is 15.4 Å². The highest BCUT2D eigenvalue weighted by molar-refractivity contribution is 14.0. The summed E-state index contributed by atoms with van der Waals surface area (Å²) in [6.45, 7) is 4.89. The van der Waals surface area contributed by atoms with Crippen LogP contribution in [0.15, 0.2) is 59.6 Å². The average Bonchev–Trinajstić information content (AvgIpc) is 2.53. The molecule has 5 heteroatoms. The van der Waals surface area contributed by atoms with Crippen molar-refractivity contribution in [2.24, 2.45) is 4.99 Å². The monoisotopic (exact) mass is 425 g/mol. The van der Waals surface area contributed by atoms with Gasteiger partial charge in [0.25, 0.3) is 0 Å². The fourth-order valence-electron chi connectivity index (χ4n) is 1.95. The highest BCUT2D eigenvalue weighted by Gasteiger charge is 2.01. The number of hydrogen-bond acceptors (Lipinski definition) is 2. The first-order chi connectivity index (χ1) is 10.7. The predicted molar refractivity (Wildman–Crippen MR) is 107 cm³/mol. The molecule has 0 aromatic heterocycles. The van der Waals surface area contributed by atoms with Gasteiger partial charge in [0.1, 0.15) is 11.5 Å². The maximum Gasteiger partial charge on any atom is 0.191 e. The van der Waals surface area contributed by atoms with E-state index in [-0.39, 0.29) is 24.0 Å². The molecule has 0 radical (unpaired) electrons. The van der Waals surface area contributed by atoms with E-state index in [4.69, 9.17) is 4.74 Å². The first kappa shape index (κ1) is 19.3. The molecule has 2 N–H and O–H groups in total. The van der Waals surface area contributed by atoms with E-state index in [0.29, 0.717) is 6.04 Å². The molecule has 2 aromatic rings. The number of aliphatic imine (C=N–C) groups is 1. The molecule has 0 aliphatic heterocycles. The molecule has 124 valence electrons. The van der Waals surface area contributed by atoms with E-state index in [9.17, 15) is 0 Å². The summed E-state index contributed by atoms with van der Waals surface area (Å²) in [6.07, 6.45) is 0. The molecular weight excluding hydrogens is 401 g/mol. The highest BCUT2D eigenvalue weighted by atomic mass is 127. The molecule has 0 aliphatic carbocycles. The molecule has 0 fully saturated rings. The van der Waals surface area contributed by atoms with Crippen molar-refractivity contribution in [2.75, 3.05) is 7.05 Å². The normalized spacial score (nSPS) is 10.9. The van der Waals surface area contributed by atoms with Gasteiger partial charge in [-0.25, -0.2) is 0 Å². The van der Waals surface area contributed by atoms with Crippen LogP contribution in [0.2, 0.25) is 0 Å². The van der Waals surface area contributed by atoms with Crippen molar-refractivity contribution < 1.29 is 4.74 Å². The Morgan fingerprint density at radius 3 is 2.17 bits per heavy atom. The molecule has 0 aliphatic rings. The summed E-state index contributed by atoms with van der Waals surface area (Å²) in [7, 11) is 1.77. The molecule has 0 atom stereocenters. The molecule has 0 spiro atoms. The third-order valence-electron chi connectivity index (χ3n) is 3.01. The Morgan fingerprint density at radius 2 is 1.61 bits per heavy atom. The lowest BCUT2D eigenvalue weighted by Crippen LogP contribution is -2.40. The molecule has 0 heterocycles. The molecular formula is C18H24IN3O. The Labute approximate surface area is 155 Å². The van der Waals surface area contributed by atoms with E-state index in [0.717, 1.165) is 24.0 Å². The van der Waals surface area contributed by atoms with Crippen molar-refractivity contribution in [3.63, 3.8) is 0 Å². The van der Waals surface area contributed by atoms with Crippen LogP contribution in [-0.4, -0.2) is 19.0 Å². The minimum atomic E-state index is 0. The molecule has 2 aromatic carbocycles. The van der Waals surface area contributed by atoms with Crippen molar-refractivity contribution >= 4 is 29.9 Å². The fourth-order valence-corrected chi connectivity index (χ4v) is 1.95. The van der Waals surface area contributed by atoms with E-state index in [2.05, 4.69) is 29.5 Å². The van der Waals surface area contributed by atoms with Crippen molar-refractivity contribution in [3.8, 4) is 11.5 Å². The lowest BCUT2D eigenvalue weighted by atomic mass is 10.2. The smallest absolute Gasteiger partial charge is 0.191 e. The number of rotatable bonds is 5. The second-order valence-corrected chi connectivity index (χ2v) is 5.28. The molecule has 0 saturated heterocycles. The quantitative estimate of drug-likeness (QED) is 0.430. The summed E-state index contributed by atoms with van der Waals surface area (Å²) in [5.74, 6) is 2.48. The van der Waals surface area contributed by atoms with Gasteiger partial charge in [0.05, 0.1) is 0 Å². The number of hydrogen-bond donors (Lipinski definition) is 2. The van der Waals surface area contributed by atoms with Gasteiger partial charge in [0, 0.05) is 19.6 Å². The largest absolute Gasteiger partial charge is 0.457 e. The maximum atomic E-state index is 5.78. The Balaban J connectivity index is 0.00000264. The van der Waals surface area contributed by atoms with Gasteiger partial charge in [-0.1, -0.05) is 30.3 Å². The van der Waals surface area contributed by atoms with E-state index in [1.165, 1.54) is 5.56 Å². The molecule has 4 nitrogen and oxygen atoms in total. The summed E-state index contributed by atoms with van der Waals surface area (Å²) >= 11 is 0. The SMILES string of the molecule is CN=C(NCc1ccc(Oc2ccccc2)cc1)NC(C)C.I. The van der Waals surface area contributed by atoms with Gasteiger partial charge < -0.3 is 15.4 Å². The summed E-state index contributed by atoms with van der Waals surface area (Å²) in [5, 5.41) is 6.54. The van der Waals surface area contributed by atoms with Crippen molar-refractivity contribution in [1.29, 1.82) is 0 Å². The zero-order valence-corrected chi connectivity index (χ0v) is 16.1. The number of halogens is 1. The van der Waals surface area contributed by atoms with E-state index in [1.807, 2.05) is 54.6 Å². The Kier molecular flexibility index (Phi) is 8.47. The van der Waals surface area contributed by atoms with Crippen LogP contribution in [-0.2, 0) is 6.54 Å². The molecule has 23 heavy (non-hydrogen) atoms. The maximum absolute atomic E-state index is 5.78. The first-order valence-electron chi connectivity index (χ1n) is 7.46. The third-order valence-corrected chi connectivity index (χ3v) is 3.01. The third kappa shape index (κ3) is 6.90. The summed E-state index contributed by atoms with van der Waals surface area (Å²) in [4.78, 5) is 4.19. The van der Waals surface area contributed by atoms with Gasteiger partial charge in [-0.05, 0) is 43.7 Å². The second-order valence-electron chi connectivity index (χ2n) is 5.28. The highest BCUT2D eigenvalue weighted by Crippen LogP contribution is 2.20. The van der Waals surface area contributed by atoms with Crippen LogP contribution in [0, 0.1) is 0 Å². The first-order valence-corrected chi connectivity index (χ1v) is 7.46. The Bertz CT molecular complexity index is 597. The molecule has 2 rings (SSSR count). The van der Waals surface area contributed by atoms with Gasteiger partial charge >= 0.3 is 0 Å². The van der Waals surface area contributed by atoms with Gasteiger partial charge in [0.15, 0.2) is 5.96 Å². The van der Waals surface area contributed by atoms with Crippen molar-refractivity contribution in [3.05, 3.63) is 60.2 Å². The zero-order chi connectivity index (χ0) is 15.8. The van der Waals surface area contributed by atoms with Crippen LogP contribution in [0.25, 0.3) is 0 Å². The molecule has 0 unspecified atom stereocenters. The minimum Gasteiger partial charge on any atom is -0.457 e. The van der Waals surface area contributed by atoms with Crippen LogP contribution in [0.1, 0.15) is 19.4 Å². The number of nitrogens with zero attached hydrogens (tertiary/aromatic N) is 1. The fraction of sp³-hybridized carbons (Fsp3) is 0.278. The molecule has 0 amide bonds. The van der Waals surface area contributed by atoms with Gasteiger partial charge in [-0.3, -0.25) is 4.99 Å². The Hall–Kier alpha value is -1.76. The van der Waals surface area contributed by atoms with Crippen LogP contribution in [0.5, 0.6) is 11.5 Å². The average molecular weight is 425 g/mol. The van der Waals surface area contributed by atoms with Crippen LogP contribution in [0.4, 0.5) is 0 Å². The van der Waals surface area contributed by atoms with Crippen LogP contribution >= 0.6 is 24.0 Å². The summed E-state index contributed by atoms with van der Waals surface area (Å²) in [5.41, 5.74) is 1.17. The van der Waals surface area contributed by atoms with E-state index in [1.54, 1.807) is 7.05 Å². The Morgan fingerprint density at radius 1 is 1.00 bits per heavy atom. The topological polar surface area (TPSA) is 45.7 Å². The summed E-state index contributed by atoms with van der Waals surface area (Å²) < 4.78 is 5.78. The van der Waals surface area contributed by atoms with Gasteiger partial charge in [-0.2, -0.15) is 0 Å². The van der Waals surface area contributed by atoms with Crippen molar-refractivity contribution in [2.45, 2.75) is 26.4 Å². The number of para-hydroxylation sites is 1. The minimum absolute atomic E-state index is 0. The van der Waals surface area contributed by atoms with Gasteiger partial charge in [-0.15, -0.1) is 24.0 Å². The summed E-state index contributed by atoms with van der Waals surface area (Å²) in [6, 6.07) is 18.2. The number of ether oxygens (including phenoxy) is 1. The van der Waals surface area contributed by atoms with Crippen LogP contribution in [0.3, 0.4) is 0 Å². The van der Waals surface area contributed by atoms with E-state index >= 15 is 0 Å². The lowest BCUT2D eigenvalue weighted by Gasteiger charge is -2.14.